The fraction of sp³-hybridized carbons (Fsp3) is 0.938. The Kier molecular flexibility index (Phi) is 12.0. The summed E-state index contributed by atoms with van der Waals surface area (Å²) in [5.41, 5.74) is 0. The summed E-state index contributed by atoms with van der Waals surface area (Å²) in [5.74, 6) is -0.210. The molecule has 0 amide bonds. The van der Waals surface area contributed by atoms with Crippen LogP contribution >= 0.6 is 6.83 Å². The molecule has 0 spiro atoms. The standard InChI is InChI=1S/C16H35O6P/c1-6-19-12-14-23(4,5,15-13-20-7-2)22-16(17)8-9-21-11-10-18-3/h6-15H2,1-5H3. The Hall–Kier alpha value is -0.260. The summed E-state index contributed by atoms with van der Waals surface area (Å²) in [6, 6.07) is 0. The van der Waals surface area contributed by atoms with E-state index in [1.165, 1.54) is 0 Å². The van der Waals surface area contributed by atoms with Crippen molar-refractivity contribution in [3.05, 3.63) is 0 Å². The number of carbonyl (C=O) groups excluding carboxylic acids is 1. The van der Waals surface area contributed by atoms with Crippen molar-refractivity contribution in [3.8, 4) is 0 Å². The van der Waals surface area contributed by atoms with Crippen LogP contribution in [0.4, 0.5) is 0 Å². The monoisotopic (exact) mass is 354 g/mol. The van der Waals surface area contributed by atoms with Gasteiger partial charge < -0.3 is 0 Å². The summed E-state index contributed by atoms with van der Waals surface area (Å²) in [6.07, 6.45) is 1.76. The molecule has 0 unspecified atom stereocenters. The molecule has 0 fully saturated rings. The van der Waals surface area contributed by atoms with Gasteiger partial charge in [-0.1, -0.05) is 0 Å². The van der Waals surface area contributed by atoms with E-state index in [1.807, 2.05) is 13.8 Å². The molecular formula is C16H35O6P. The topological polar surface area (TPSA) is 63.2 Å². The number of hydrogen-bond acceptors (Lipinski definition) is 6. The second kappa shape index (κ2) is 12.2. The first-order valence-electron chi connectivity index (χ1n) is 8.31. The van der Waals surface area contributed by atoms with Crippen LogP contribution in [0.25, 0.3) is 0 Å². The van der Waals surface area contributed by atoms with Gasteiger partial charge in [-0.2, -0.15) is 0 Å². The predicted molar refractivity (Wildman–Crippen MR) is 94.9 cm³/mol. The summed E-state index contributed by atoms with van der Waals surface area (Å²) >= 11 is 0. The maximum absolute atomic E-state index is 12.2. The number of rotatable bonds is 15. The van der Waals surface area contributed by atoms with Crippen molar-refractivity contribution in [2.75, 3.05) is 79.0 Å². The van der Waals surface area contributed by atoms with Crippen LogP contribution in [-0.4, -0.2) is 85.0 Å². The average molecular weight is 354 g/mol. The van der Waals surface area contributed by atoms with E-state index >= 15 is 0 Å². The molecule has 0 aromatic rings. The van der Waals surface area contributed by atoms with E-state index in [0.29, 0.717) is 46.2 Å². The molecule has 0 bridgehead atoms. The van der Waals surface area contributed by atoms with E-state index in [9.17, 15) is 4.79 Å². The molecule has 0 heterocycles. The van der Waals surface area contributed by atoms with Crippen molar-refractivity contribution in [1.29, 1.82) is 0 Å². The van der Waals surface area contributed by atoms with Gasteiger partial charge >= 0.3 is 140 Å². The predicted octanol–water partition coefficient (Wildman–Crippen LogP) is 2.38. The van der Waals surface area contributed by atoms with Gasteiger partial charge in [0.2, 0.25) is 0 Å². The second-order valence-electron chi connectivity index (χ2n) is 6.22. The van der Waals surface area contributed by atoms with Crippen molar-refractivity contribution < 1.29 is 28.3 Å². The molecule has 0 aliphatic rings. The Balaban J connectivity index is 4.44. The van der Waals surface area contributed by atoms with Crippen molar-refractivity contribution in [2.45, 2.75) is 20.3 Å². The first-order chi connectivity index (χ1) is 10.9. The molecule has 0 N–H and O–H groups in total. The van der Waals surface area contributed by atoms with Crippen LogP contribution in [0.3, 0.4) is 0 Å². The molecule has 140 valence electrons. The van der Waals surface area contributed by atoms with Gasteiger partial charge in [-0.05, 0) is 0 Å². The molecular weight excluding hydrogens is 319 g/mol. The van der Waals surface area contributed by atoms with Crippen LogP contribution in [0.1, 0.15) is 20.3 Å². The summed E-state index contributed by atoms with van der Waals surface area (Å²) in [4.78, 5) is 12.2. The molecule has 0 rings (SSSR count). The third kappa shape index (κ3) is 11.8. The van der Waals surface area contributed by atoms with Crippen LogP contribution in [0.2, 0.25) is 0 Å². The average Bonchev–Trinajstić information content (AvgIpc) is 2.47. The summed E-state index contributed by atoms with van der Waals surface area (Å²) in [5, 5.41) is 0. The molecule has 0 aliphatic heterocycles. The third-order valence-corrected chi connectivity index (χ3v) is 7.55. The van der Waals surface area contributed by atoms with Crippen LogP contribution in [-0.2, 0) is 28.3 Å². The zero-order chi connectivity index (χ0) is 17.6. The number of carbonyl (C=O) groups is 1. The second-order valence-corrected chi connectivity index (χ2v) is 12.4. The quantitative estimate of drug-likeness (QED) is 0.332. The molecule has 0 aliphatic carbocycles. The molecule has 0 aromatic heterocycles. The minimum absolute atomic E-state index is 0.210. The SMILES string of the molecule is CCOCCP(C)(C)(CCOCC)OC(=O)CCOCCOC. The van der Waals surface area contributed by atoms with E-state index in [-0.39, 0.29) is 12.4 Å². The Bertz CT molecular complexity index is 308. The van der Waals surface area contributed by atoms with E-state index in [0.717, 1.165) is 12.3 Å². The summed E-state index contributed by atoms with van der Waals surface area (Å²) in [6.45, 7) is 9.36. The van der Waals surface area contributed by atoms with Gasteiger partial charge in [0.1, 0.15) is 0 Å². The summed E-state index contributed by atoms with van der Waals surface area (Å²) in [7, 11) is 1.62. The Morgan fingerprint density at radius 2 is 1.39 bits per heavy atom. The molecule has 23 heavy (non-hydrogen) atoms. The number of methoxy groups -OCH3 is 1. The van der Waals surface area contributed by atoms with Crippen LogP contribution in [0.15, 0.2) is 0 Å². The molecule has 0 saturated carbocycles. The fourth-order valence-corrected chi connectivity index (χ4v) is 4.57. The third-order valence-electron chi connectivity index (χ3n) is 3.57. The van der Waals surface area contributed by atoms with Gasteiger partial charge in [0, 0.05) is 0 Å². The minimum atomic E-state index is -2.62. The van der Waals surface area contributed by atoms with Crippen molar-refractivity contribution in [2.24, 2.45) is 0 Å². The maximum atomic E-state index is 12.2. The first kappa shape index (κ1) is 22.7. The van der Waals surface area contributed by atoms with Crippen LogP contribution in [0, 0.1) is 0 Å². The van der Waals surface area contributed by atoms with Crippen molar-refractivity contribution >= 4 is 12.8 Å². The molecule has 7 heteroatoms. The zero-order valence-corrected chi connectivity index (χ0v) is 16.4. The number of ether oxygens (including phenoxy) is 4. The van der Waals surface area contributed by atoms with Crippen molar-refractivity contribution in [1.82, 2.24) is 0 Å². The van der Waals surface area contributed by atoms with Gasteiger partial charge in [0.25, 0.3) is 0 Å². The van der Waals surface area contributed by atoms with Gasteiger partial charge in [-0.3, -0.25) is 0 Å². The first-order valence-corrected chi connectivity index (χ1v) is 11.7. The Morgan fingerprint density at radius 3 is 1.87 bits per heavy atom. The van der Waals surface area contributed by atoms with E-state index in [1.54, 1.807) is 7.11 Å². The number of hydrogen-bond donors (Lipinski definition) is 0. The fourth-order valence-electron chi connectivity index (χ4n) is 1.98. The summed E-state index contributed by atoms with van der Waals surface area (Å²) < 4.78 is 27.1. The van der Waals surface area contributed by atoms with Gasteiger partial charge in [0.05, 0.1) is 0 Å². The zero-order valence-electron chi connectivity index (χ0n) is 15.5. The van der Waals surface area contributed by atoms with E-state index < -0.39 is 6.83 Å². The normalized spacial score (nSPS) is 13.5. The van der Waals surface area contributed by atoms with Gasteiger partial charge in [-0.25, -0.2) is 0 Å². The molecule has 0 radical (unpaired) electrons. The molecule has 0 aromatic carbocycles. The molecule has 6 nitrogen and oxygen atoms in total. The van der Waals surface area contributed by atoms with E-state index in [4.69, 9.17) is 23.5 Å². The van der Waals surface area contributed by atoms with Crippen LogP contribution in [0.5, 0.6) is 0 Å². The van der Waals surface area contributed by atoms with Gasteiger partial charge in [0.15, 0.2) is 0 Å². The molecule has 0 saturated heterocycles. The van der Waals surface area contributed by atoms with Crippen molar-refractivity contribution in [3.63, 3.8) is 0 Å². The molecule has 0 atom stereocenters. The van der Waals surface area contributed by atoms with Crippen LogP contribution < -0.4 is 0 Å². The Morgan fingerprint density at radius 1 is 0.826 bits per heavy atom. The Labute approximate surface area is 141 Å². The van der Waals surface area contributed by atoms with Gasteiger partial charge in [-0.15, -0.1) is 0 Å². The van der Waals surface area contributed by atoms with E-state index in [2.05, 4.69) is 13.3 Å².